The molecule has 0 bridgehead atoms. The van der Waals surface area contributed by atoms with Gasteiger partial charge in [-0.25, -0.2) is 4.79 Å². The van der Waals surface area contributed by atoms with Crippen LogP contribution in [0.3, 0.4) is 0 Å². The van der Waals surface area contributed by atoms with Crippen molar-refractivity contribution in [2.24, 2.45) is 5.92 Å². The third-order valence-corrected chi connectivity index (χ3v) is 3.48. The lowest BCUT2D eigenvalue weighted by molar-refractivity contribution is 0.217. The number of unbranched alkanes of at least 4 members (excludes halogenated alkanes) is 1. The number of carbonyl (C=O) groups is 1. The Bertz CT molecular complexity index is 221. The first-order valence-electron chi connectivity index (χ1n) is 7.01. The Morgan fingerprint density at radius 1 is 1.47 bits per heavy atom. The fourth-order valence-electron chi connectivity index (χ4n) is 2.19. The fourth-order valence-corrected chi connectivity index (χ4v) is 2.19. The van der Waals surface area contributed by atoms with Gasteiger partial charge in [0.2, 0.25) is 0 Å². The van der Waals surface area contributed by atoms with Crippen molar-refractivity contribution in [2.45, 2.75) is 39.5 Å². The number of hydrogen-bond donors (Lipinski definition) is 2. The van der Waals surface area contributed by atoms with Crippen molar-refractivity contribution < 1.29 is 4.79 Å². The maximum atomic E-state index is 11.3. The quantitative estimate of drug-likeness (QED) is 0.605. The molecule has 0 aromatic heterocycles. The Morgan fingerprint density at radius 3 is 2.88 bits per heavy atom. The molecule has 0 aromatic carbocycles. The molecule has 0 aliphatic carbocycles. The molecule has 1 atom stereocenters. The zero-order valence-corrected chi connectivity index (χ0v) is 11.3. The highest BCUT2D eigenvalue weighted by molar-refractivity contribution is 5.76. The molecule has 1 heterocycles. The van der Waals surface area contributed by atoms with Gasteiger partial charge in [0.15, 0.2) is 0 Å². The van der Waals surface area contributed by atoms with E-state index >= 15 is 0 Å². The first kappa shape index (κ1) is 14.3. The molecule has 1 aliphatic rings. The first-order valence-corrected chi connectivity index (χ1v) is 7.01. The van der Waals surface area contributed by atoms with Gasteiger partial charge in [0.1, 0.15) is 0 Å². The monoisotopic (exact) mass is 241 g/mol. The summed E-state index contributed by atoms with van der Waals surface area (Å²) < 4.78 is 0. The first-order chi connectivity index (χ1) is 8.27. The van der Waals surface area contributed by atoms with E-state index < -0.39 is 0 Å². The van der Waals surface area contributed by atoms with Crippen LogP contribution >= 0.6 is 0 Å². The van der Waals surface area contributed by atoms with Crippen molar-refractivity contribution in [1.29, 1.82) is 0 Å². The zero-order chi connectivity index (χ0) is 12.5. The Morgan fingerprint density at radius 2 is 2.29 bits per heavy atom. The maximum Gasteiger partial charge on any atom is 0.317 e. The summed E-state index contributed by atoms with van der Waals surface area (Å²) in [6, 6.07) is 0.0878. The second-order valence-corrected chi connectivity index (χ2v) is 4.84. The van der Waals surface area contributed by atoms with Gasteiger partial charge in [-0.15, -0.1) is 0 Å². The van der Waals surface area contributed by atoms with Crippen LogP contribution in [0, 0.1) is 5.92 Å². The van der Waals surface area contributed by atoms with Crippen LogP contribution in [-0.4, -0.2) is 43.7 Å². The fraction of sp³-hybridized carbons (Fsp3) is 0.923. The van der Waals surface area contributed by atoms with E-state index in [2.05, 4.69) is 24.5 Å². The van der Waals surface area contributed by atoms with Crippen LogP contribution in [0.4, 0.5) is 4.79 Å². The molecule has 1 rings (SSSR count). The van der Waals surface area contributed by atoms with Crippen LogP contribution < -0.4 is 10.6 Å². The molecule has 1 unspecified atom stereocenters. The third-order valence-electron chi connectivity index (χ3n) is 3.48. The Labute approximate surface area is 105 Å². The van der Waals surface area contributed by atoms with Crippen LogP contribution in [0.15, 0.2) is 0 Å². The van der Waals surface area contributed by atoms with Crippen molar-refractivity contribution >= 4 is 6.03 Å². The van der Waals surface area contributed by atoms with Gasteiger partial charge >= 0.3 is 6.03 Å². The lowest BCUT2D eigenvalue weighted by atomic mass is 9.99. The molecule has 0 saturated carbocycles. The molecule has 1 aliphatic heterocycles. The lowest BCUT2D eigenvalue weighted by Crippen LogP contribution is -2.36. The van der Waals surface area contributed by atoms with E-state index in [0.29, 0.717) is 0 Å². The van der Waals surface area contributed by atoms with Crippen LogP contribution in [-0.2, 0) is 0 Å². The van der Waals surface area contributed by atoms with E-state index in [1.54, 1.807) is 0 Å². The molecule has 2 amide bonds. The van der Waals surface area contributed by atoms with E-state index in [1.165, 1.54) is 25.7 Å². The van der Waals surface area contributed by atoms with Gasteiger partial charge in [0.05, 0.1) is 0 Å². The summed E-state index contributed by atoms with van der Waals surface area (Å²) in [7, 11) is 0. The minimum Gasteiger partial charge on any atom is -0.336 e. The Balaban J connectivity index is 2.03. The van der Waals surface area contributed by atoms with E-state index in [0.717, 1.165) is 38.6 Å². The average molecular weight is 241 g/mol. The SMILES string of the molecule is CCCCC(CC)CNCCN1CCNC1=O. The summed E-state index contributed by atoms with van der Waals surface area (Å²) in [6.07, 6.45) is 5.18. The lowest BCUT2D eigenvalue weighted by Gasteiger charge is -2.18. The zero-order valence-electron chi connectivity index (χ0n) is 11.3. The number of rotatable bonds is 9. The molecule has 0 spiro atoms. The van der Waals surface area contributed by atoms with Gasteiger partial charge in [-0.05, 0) is 18.9 Å². The minimum absolute atomic E-state index is 0.0878. The molecule has 2 N–H and O–H groups in total. The van der Waals surface area contributed by atoms with Crippen molar-refractivity contribution in [3.8, 4) is 0 Å². The molecule has 0 radical (unpaired) electrons. The highest BCUT2D eigenvalue weighted by Gasteiger charge is 2.18. The topological polar surface area (TPSA) is 44.4 Å². The summed E-state index contributed by atoms with van der Waals surface area (Å²) in [5, 5.41) is 6.29. The maximum absolute atomic E-state index is 11.3. The number of nitrogens with zero attached hydrogens (tertiary/aromatic N) is 1. The second kappa shape index (κ2) is 8.34. The molecule has 4 nitrogen and oxygen atoms in total. The van der Waals surface area contributed by atoms with Gasteiger partial charge in [0, 0.05) is 26.2 Å². The number of amides is 2. The van der Waals surface area contributed by atoms with Crippen molar-refractivity contribution in [3.05, 3.63) is 0 Å². The van der Waals surface area contributed by atoms with Gasteiger partial charge in [-0.2, -0.15) is 0 Å². The molecule has 0 aromatic rings. The molecular formula is C13H27N3O. The largest absolute Gasteiger partial charge is 0.336 e. The van der Waals surface area contributed by atoms with Crippen molar-refractivity contribution in [2.75, 3.05) is 32.7 Å². The average Bonchev–Trinajstić information content (AvgIpc) is 2.74. The summed E-state index contributed by atoms with van der Waals surface area (Å²) in [4.78, 5) is 13.2. The second-order valence-electron chi connectivity index (χ2n) is 4.84. The van der Waals surface area contributed by atoms with E-state index in [4.69, 9.17) is 0 Å². The molecule has 1 saturated heterocycles. The molecule has 100 valence electrons. The smallest absolute Gasteiger partial charge is 0.317 e. The number of urea groups is 1. The summed E-state index contributed by atoms with van der Waals surface area (Å²) in [6.45, 7) is 8.99. The van der Waals surface area contributed by atoms with Crippen molar-refractivity contribution in [3.63, 3.8) is 0 Å². The minimum atomic E-state index is 0.0878. The molecule has 1 fully saturated rings. The van der Waals surface area contributed by atoms with Gasteiger partial charge in [-0.1, -0.05) is 33.1 Å². The number of hydrogen-bond acceptors (Lipinski definition) is 2. The predicted molar refractivity (Wildman–Crippen MR) is 71.1 cm³/mol. The highest BCUT2D eigenvalue weighted by atomic mass is 16.2. The number of carbonyl (C=O) groups excluding carboxylic acids is 1. The predicted octanol–water partition coefficient (Wildman–Crippen LogP) is 1.82. The van der Waals surface area contributed by atoms with Crippen LogP contribution in [0.5, 0.6) is 0 Å². The Kier molecular flexibility index (Phi) is 7.01. The van der Waals surface area contributed by atoms with E-state index in [-0.39, 0.29) is 6.03 Å². The molecular weight excluding hydrogens is 214 g/mol. The van der Waals surface area contributed by atoms with Crippen molar-refractivity contribution in [1.82, 2.24) is 15.5 Å². The standard InChI is InChI=1S/C13H27N3O/c1-3-5-6-12(4-2)11-14-7-9-16-10-8-15-13(16)17/h12,14H,3-11H2,1-2H3,(H,15,17). The Hall–Kier alpha value is -0.770. The molecule has 17 heavy (non-hydrogen) atoms. The van der Waals surface area contributed by atoms with E-state index in [1.807, 2.05) is 4.90 Å². The normalized spacial score (nSPS) is 17.3. The highest BCUT2D eigenvalue weighted by Crippen LogP contribution is 2.10. The van der Waals surface area contributed by atoms with Crippen LogP contribution in [0.25, 0.3) is 0 Å². The van der Waals surface area contributed by atoms with E-state index in [9.17, 15) is 4.79 Å². The number of nitrogens with one attached hydrogen (secondary N) is 2. The van der Waals surface area contributed by atoms with Gasteiger partial charge in [0.25, 0.3) is 0 Å². The molecule has 4 heteroatoms. The van der Waals surface area contributed by atoms with Gasteiger partial charge < -0.3 is 15.5 Å². The van der Waals surface area contributed by atoms with Crippen LogP contribution in [0.2, 0.25) is 0 Å². The summed E-state index contributed by atoms with van der Waals surface area (Å²) in [5.74, 6) is 0.794. The third kappa shape index (κ3) is 5.39. The summed E-state index contributed by atoms with van der Waals surface area (Å²) >= 11 is 0. The van der Waals surface area contributed by atoms with Gasteiger partial charge in [-0.3, -0.25) is 0 Å². The van der Waals surface area contributed by atoms with Crippen LogP contribution in [0.1, 0.15) is 39.5 Å². The summed E-state index contributed by atoms with van der Waals surface area (Å²) in [5.41, 5.74) is 0.